The van der Waals surface area contributed by atoms with Crippen LogP contribution in [0, 0.1) is 5.92 Å². The lowest BCUT2D eigenvalue weighted by molar-refractivity contribution is 0.546. The molecule has 0 bridgehead atoms. The van der Waals surface area contributed by atoms with E-state index in [-0.39, 0.29) is 0 Å². The summed E-state index contributed by atoms with van der Waals surface area (Å²) in [5.41, 5.74) is 1.52. The summed E-state index contributed by atoms with van der Waals surface area (Å²) in [6, 6.07) is 10.9. The molecule has 0 heterocycles. The lowest BCUT2D eigenvalue weighted by atomic mass is 9.98. The van der Waals surface area contributed by atoms with Crippen LogP contribution >= 0.6 is 0 Å². The van der Waals surface area contributed by atoms with Crippen molar-refractivity contribution in [2.24, 2.45) is 5.92 Å². The molecule has 0 aromatic heterocycles. The van der Waals surface area contributed by atoms with Crippen LogP contribution in [-0.4, -0.2) is 13.6 Å². The monoisotopic (exact) mass is 291 g/mol. The third-order valence-corrected chi connectivity index (χ3v) is 3.84. The molecular weight excluding hydrogens is 254 g/mol. The predicted octanol–water partition coefficient (Wildman–Crippen LogP) is 5.84. The lowest BCUT2D eigenvalue weighted by Gasteiger charge is -2.07. The molecule has 0 amide bonds. The van der Waals surface area contributed by atoms with Gasteiger partial charge in [0.05, 0.1) is 0 Å². The summed E-state index contributed by atoms with van der Waals surface area (Å²) in [5.74, 6) is 0.979. The molecule has 0 atom stereocenters. The average Bonchev–Trinajstić information content (AvgIpc) is 3.03. The van der Waals surface area contributed by atoms with Crippen LogP contribution < -0.4 is 5.32 Å². The molecule has 0 unspecified atom stereocenters. The van der Waals surface area contributed by atoms with Gasteiger partial charge in [0.15, 0.2) is 0 Å². The molecule has 0 saturated heterocycles. The van der Waals surface area contributed by atoms with Gasteiger partial charge >= 0.3 is 0 Å². The topological polar surface area (TPSA) is 12.0 Å². The highest BCUT2D eigenvalue weighted by Crippen LogP contribution is 2.27. The van der Waals surface area contributed by atoms with Gasteiger partial charge in [-0.15, -0.1) is 0 Å². The van der Waals surface area contributed by atoms with Gasteiger partial charge in [0.1, 0.15) is 0 Å². The highest BCUT2D eigenvalue weighted by molar-refractivity contribution is 5.15. The van der Waals surface area contributed by atoms with E-state index in [1.54, 1.807) is 0 Å². The van der Waals surface area contributed by atoms with Crippen LogP contribution in [0.15, 0.2) is 30.3 Å². The third kappa shape index (κ3) is 12.6. The second kappa shape index (κ2) is 15.6. The van der Waals surface area contributed by atoms with Crippen LogP contribution in [0.1, 0.15) is 71.3 Å². The molecule has 1 fully saturated rings. The van der Waals surface area contributed by atoms with Crippen molar-refractivity contribution >= 4 is 0 Å². The van der Waals surface area contributed by atoms with Gasteiger partial charge in [0.25, 0.3) is 0 Å². The second-order valence-electron chi connectivity index (χ2n) is 5.94. The van der Waals surface area contributed by atoms with Crippen molar-refractivity contribution in [1.29, 1.82) is 0 Å². The fourth-order valence-corrected chi connectivity index (χ4v) is 2.41. The first-order chi connectivity index (χ1) is 10.3. The quantitative estimate of drug-likeness (QED) is 0.718. The predicted molar refractivity (Wildman–Crippen MR) is 96.9 cm³/mol. The van der Waals surface area contributed by atoms with Crippen LogP contribution in [0.2, 0.25) is 0 Å². The first-order valence-electron chi connectivity index (χ1n) is 8.96. The maximum Gasteiger partial charge on any atom is -0.00546 e. The van der Waals surface area contributed by atoms with Gasteiger partial charge in [-0.1, -0.05) is 89.6 Å². The number of hydrogen-bond donors (Lipinski definition) is 1. The van der Waals surface area contributed by atoms with E-state index in [1.165, 1.54) is 56.9 Å². The van der Waals surface area contributed by atoms with E-state index in [4.69, 9.17) is 0 Å². The minimum atomic E-state index is 0.979. The molecule has 1 N–H and O–H groups in total. The summed E-state index contributed by atoms with van der Waals surface area (Å²) >= 11 is 0. The zero-order valence-corrected chi connectivity index (χ0v) is 14.8. The molecule has 1 aromatic rings. The highest BCUT2D eigenvalue weighted by Gasteiger charge is 2.14. The fraction of sp³-hybridized carbons (Fsp3) is 0.700. The fourth-order valence-electron chi connectivity index (χ4n) is 2.41. The van der Waals surface area contributed by atoms with Crippen molar-refractivity contribution in [3.05, 3.63) is 35.9 Å². The minimum absolute atomic E-state index is 0.979. The molecule has 1 aliphatic rings. The molecule has 2 rings (SSSR count). The molecule has 21 heavy (non-hydrogen) atoms. The van der Waals surface area contributed by atoms with Crippen molar-refractivity contribution in [2.45, 2.75) is 72.1 Å². The molecular formula is C20H37N. The zero-order chi connectivity index (χ0) is 15.8. The largest absolute Gasteiger partial charge is 0.320 e. The Morgan fingerprint density at radius 3 is 1.86 bits per heavy atom. The lowest BCUT2D eigenvalue weighted by Crippen LogP contribution is -2.04. The Bertz CT molecular complexity index is 284. The minimum Gasteiger partial charge on any atom is -0.320 e. The van der Waals surface area contributed by atoms with E-state index in [0.717, 1.165) is 12.5 Å². The van der Waals surface area contributed by atoms with E-state index in [2.05, 4.69) is 56.4 Å². The van der Waals surface area contributed by atoms with E-state index in [0.29, 0.717) is 0 Å². The molecule has 0 aliphatic heterocycles. The Balaban J connectivity index is 0.000000374. The van der Waals surface area contributed by atoms with Crippen molar-refractivity contribution in [3.8, 4) is 0 Å². The maximum atomic E-state index is 3.02. The van der Waals surface area contributed by atoms with Gasteiger partial charge in [-0.3, -0.25) is 0 Å². The average molecular weight is 292 g/mol. The summed E-state index contributed by atoms with van der Waals surface area (Å²) in [4.78, 5) is 0. The van der Waals surface area contributed by atoms with Gasteiger partial charge in [-0.25, -0.2) is 0 Å². The molecule has 122 valence electrons. The number of unbranched alkanes of at least 4 members (excludes halogenated alkanes) is 1. The Morgan fingerprint density at radius 1 is 0.905 bits per heavy atom. The maximum absolute atomic E-state index is 3.02. The molecule has 0 spiro atoms. The smallest absolute Gasteiger partial charge is 0.00546 e. The molecule has 1 nitrogen and oxygen atoms in total. The number of rotatable bonds is 5. The highest BCUT2D eigenvalue weighted by atomic mass is 14.8. The van der Waals surface area contributed by atoms with Crippen LogP contribution in [0.3, 0.4) is 0 Å². The van der Waals surface area contributed by atoms with Gasteiger partial charge in [0.2, 0.25) is 0 Å². The van der Waals surface area contributed by atoms with Gasteiger partial charge in [-0.2, -0.15) is 0 Å². The third-order valence-electron chi connectivity index (χ3n) is 3.84. The molecule has 0 radical (unpaired) electrons. The van der Waals surface area contributed by atoms with Gasteiger partial charge < -0.3 is 5.32 Å². The first kappa shape index (κ1) is 20.2. The van der Waals surface area contributed by atoms with Gasteiger partial charge in [-0.05, 0) is 37.9 Å². The Labute approximate surface area is 133 Å². The standard InChI is InChI=1S/C12H16.C4H11N.C4H10/c1-2-6-11(7-3-1)10-12-8-4-5-9-12;1-3-4-5-2;1-3-4-2/h1-3,6-7,12H,4-5,8-10H2;5H,3-4H2,1-2H3;3-4H2,1-2H3. The van der Waals surface area contributed by atoms with Crippen LogP contribution in [0.4, 0.5) is 0 Å². The molecule has 1 aliphatic carbocycles. The summed E-state index contributed by atoms with van der Waals surface area (Å²) in [5, 5.41) is 3.02. The van der Waals surface area contributed by atoms with E-state index in [9.17, 15) is 0 Å². The van der Waals surface area contributed by atoms with Crippen LogP contribution in [0.25, 0.3) is 0 Å². The second-order valence-corrected chi connectivity index (χ2v) is 5.94. The summed E-state index contributed by atoms with van der Waals surface area (Å²) in [6.07, 6.45) is 11.0. The zero-order valence-electron chi connectivity index (χ0n) is 14.8. The van der Waals surface area contributed by atoms with Crippen molar-refractivity contribution in [2.75, 3.05) is 13.6 Å². The van der Waals surface area contributed by atoms with Gasteiger partial charge in [0, 0.05) is 0 Å². The summed E-state index contributed by atoms with van der Waals surface area (Å²) in [6.45, 7) is 7.65. The Morgan fingerprint density at radius 2 is 1.48 bits per heavy atom. The van der Waals surface area contributed by atoms with Crippen molar-refractivity contribution in [1.82, 2.24) is 5.32 Å². The van der Waals surface area contributed by atoms with E-state index >= 15 is 0 Å². The number of hydrogen-bond acceptors (Lipinski definition) is 1. The Hall–Kier alpha value is -0.820. The first-order valence-corrected chi connectivity index (χ1v) is 8.96. The van der Waals surface area contributed by atoms with E-state index < -0.39 is 0 Å². The number of benzene rings is 1. The van der Waals surface area contributed by atoms with Crippen LogP contribution in [-0.2, 0) is 6.42 Å². The number of nitrogens with one attached hydrogen (secondary N) is 1. The normalized spacial score (nSPS) is 13.9. The SMILES string of the molecule is CCCC.CCCNC.c1ccc(CC2CCCC2)cc1. The summed E-state index contributed by atoms with van der Waals surface area (Å²) in [7, 11) is 1.96. The van der Waals surface area contributed by atoms with Crippen LogP contribution in [0.5, 0.6) is 0 Å². The van der Waals surface area contributed by atoms with E-state index in [1.807, 2.05) is 7.05 Å². The van der Waals surface area contributed by atoms with Crippen molar-refractivity contribution in [3.63, 3.8) is 0 Å². The van der Waals surface area contributed by atoms with Crippen molar-refractivity contribution < 1.29 is 0 Å². The molecule has 1 aromatic carbocycles. The molecule has 1 heteroatoms. The summed E-state index contributed by atoms with van der Waals surface area (Å²) < 4.78 is 0. The molecule has 1 saturated carbocycles. The Kier molecular flexibility index (Phi) is 15.0.